The maximum absolute atomic E-state index is 9.64. The van der Waals surface area contributed by atoms with Gasteiger partial charge in [0.1, 0.15) is 5.75 Å². The van der Waals surface area contributed by atoms with Crippen LogP contribution in [0.5, 0.6) is 5.75 Å². The third-order valence-corrected chi connectivity index (χ3v) is 3.47. The number of rotatable bonds is 1. The molecule has 72 valence electrons. The van der Waals surface area contributed by atoms with Crippen molar-refractivity contribution in [2.24, 2.45) is 0 Å². The molecule has 0 fully saturated rings. The summed E-state index contributed by atoms with van der Waals surface area (Å²) in [6.45, 7) is 1.94. The van der Waals surface area contributed by atoms with Crippen molar-refractivity contribution in [2.45, 2.75) is 6.92 Å². The zero-order valence-electron chi connectivity index (χ0n) is 7.49. The largest absolute Gasteiger partial charge is 0.507 e. The second-order valence-corrected chi connectivity index (χ2v) is 5.39. The molecule has 2 nitrogen and oxygen atoms in total. The number of phenols is 1. The minimum Gasteiger partial charge on any atom is -0.507 e. The molecular weight excluding hydrogens is 262 g/mol. The number of thiazole rings is 1. The summed E-state index contributed by atoms with van der Waals surface area (Å²) < 4.78 is 0.955. The van der Waals surface area contributed by atoms with Crippen LogP contribution in [0.15, 0.2) is 28.1 Å². The monoisotopic (exact) mass is 269 g/mol. The van der Waals surface area contributed by atoms with Gasteiger partial charge in [-0.1, -0.05) is 12.1 Å². The van der Waals surface area contributed by atoms with Gasteiger partial charge in [0.15, 0.2) is 0 Å². The first-order chi connectivity index (χ1) is 6.68. The predicted molar refractivity (Wildman–Crippen MR) is 61.7 cm³/mol. The smallest absolute Gasteiger partial charge is 0.125 e. The Hall–Kier alpha value is -0.870. The maximum atomic E-state index is 9.64. The van der Waals surface area contributed by atoms with Gasteiger partial charge in [-0.2, -0.15) is 0 Å². The minimum absolute atomic E-state index is 0.263. The van der Waals surface area contributed by atoms with E-state index < -0.39 is 0 Å². The van der Waals surface area contributed by atoms with Crippen LogP contribution in [0.1, 0.15) is 5.01 Å². The molecule has 1 N–H and O–H groups in total. The third-order valence-electron chi connectivity index (χ3n) is 1.85. The Morgan fingerprint density at radius 3 is 2.64 bits per heavy atom. The van der Waals surface area contributed by atoms with Gasteiger partial charge in [0.05, 0.1) is 14.5 Å². The van der Waals surface area contributed by atoms with E-state index in [1.54, 1.807) is 23.5 Å². The summed E-state index contributed by atoms with van der Waals surface area (Å²) in [4.78, 5) is 4.35. The van der Waals surface area contributed by atoms with Crippen LogP contribution in [-0.2, 0) is 0 Å². The molecule has 0 saturated carbocycles. The highest BCUT2D eigenvalue weighted by Crippen LogP contribution is 2.36. The molecule has 0 saturated heterocycles. The van der Waals surface area contributed by atoms with Crippen LogP contribution in [0, 0.1) is 6.92 Å². The molecule has 0 unspecified atom stereocenters. The lowest BCUT2D eigenvalue weighted by atomic mass is 10.1. The van der Waals surface area contributed by atoms with Crippen LogP contribution in [0.25, 0.3) is 11.3 Å². The average molecular weight is 270 g/mol. The molecule has 0 aliphatic heterocycles. The van der Waals surface area contributed by atoms with Crippen LogP contribution in [0.2, 0.25) is 0 Å². The topological polar surface area (TPSA) is 33.1 Å². The quantitative estimate of drug-likeness (QED) is 0.859. The van der Waals surface area contributed by atoms with E-state index in [1.807, 2.05) is 19.1 Å². The Morgan fingerprint density at radius 2 is 2.07 bits per heavy atom. The fraction of sp³-hybridized carbons (Fsp3) is 0.100. The molecule has 14 heavy (non-hydrogen) atoms. The number of hydrogen-bond acceptors (Lipinski definition) is 3. The maximum Gasteiger partial charge on any atom is 0.125 e. The van der Waals surface area contributed by atoms with E-state index in [2.05, 4.69) is 20.9 Å². The second-order valence-electron chi connectivity index (χ2n) is 2.87. The van der Waals surface area contributed by atoms with Crippen molar-refractivity contribution < 1.29 is 5.11 Å². The Morgan fingerprint density at radius 1 is 1.36 bits per heavy atom. The Kier molecular flexibility index (Phi) is 2.56. The van der Waals surface area contributed by atoms with E-state index in [0.717, 1.165) is 20.1 Å². The Bertz CT molecular complexity index is 467. The number of nitrogens with zero attached hydrogens (tertiary/aromatic N) is 1. The first-order valence-corrected chi connectivity index (χ1v) is 5.70. The number of phenolic OH excluding ortho intramolecular Hbond substituents is 1. The lowest BCUT2D eigenvalue weighted by Crippen LogP contribution is -1.79. The van der Waals surface area contributed by atoms with Crippen LogP contribution in [-0.4, -0.2) is 10.1 Å². The number of aromatic nitrogens is 1. The van der Waals surface area contributed by atoms with Gasteiger partial charge in [0, 0.05) is 5.56 Å². The molecule has 0 spiro atoms. The zero-order valence-corrected chi connectivity index (χ0v) is 9.89. The van der Waals surface area contributed by atoms with Gasteiger partial charge in [-0.3, -0.25) is 0 Å². The molecule has 0 atom stereocenters. The van der Waals surface area contributed by atoms with Gasteiger partial charge in [0.2, 0.25) is 0 Å². The van der Waals surface area contributed by atoms with Gasteiger partial charge in [-0.05, 0) is 35.0 Å². The highest BCUT2D eigenvalue weighted by atomic mass is 79.9. The SMILES string of the molecule is Cc1nc(-c2ccccc2O)c(Br)s1. The van der Waals surface area contributed by atoms with Crippen molar-refractivity contribution in [1.82, 2.24) is 4.98 Å². The zero-order chi connectivity index (χ0) is 10.1. The Balaban J connectivity index is 2.60. The molecule has 2 aromatic rings. The van der Waals surface area contributed by atoms with Crippen molar-refractivity contribution >= 4 is 27.3 Å². The summed E-state index contributed by atoms with van der Waals surface area (Å²) in [5.74, 6) is 0.263. The first-order valence-electron chi connectivity index (χ1n) is 4.10. The predicted octanol–water partition coefficient (Wildman–Crippen LogP) is 3.59. The number of hydrogen-bond donors (Lipinski definition) is 1. The highest BCUT2D eigenvalue weighted by Gasteiger charge is 2.11. The Labute approximate surface area is 94.4 Å². The summed E-state index contributed by atoms with van der Waals surface area (Å²) in [5.41, 5.74) is 1.58. The van der Waals surface area contributed by atoms with Crippen molar-refractivity contribution in [3.63, 3.8) is 0 Å². The van der Waals surface area contributed by atoms with E-state index in [-0.39, 0.29) is 5.75 Å². The summed E-state index contributed by atoms with van der Waals surface area (Å²) in [6, 6.07) is 7.20. The van der Waals surface area contributed by atoms with E-state index in [9.17, 15) is 5.11 Å². The molecular formula is C10H8BrNOS. The standard InChI is InChI=1S/C10H8BrNOS/c1-6-12-9(10(11)14-6)7-4-2-3-5-8(7)13/h2-5,13H,1H3. The molecule has 0 radical (unpaired) electrons. The van der Waals surface area contributed by atoms with Gasteiger partial charge in [-0.25, -0.2) is 4.98 Å². The van der Waals surface area contributed by atoms with E-state index in [1.165, 1.54) is 0 Å². The summed E-state index contributed by atoms with van der Waals surface area (Å²) >= 11 is 5.00. The first kappa shape index (κ1) is 9.68. The molecule has 0 amide bonds. The number of halogens is 1. The second kappa shape index (κ2) is 3.71. The van der Waals surface area contributed by atoms with Crippen molar-refractivity contribution in [1.29, 1.82) is 0 Å². The number of benzene rings is 1. The molecule has 1 aromatic heterocycles. The van der Waals surface area contributed by atoms with Crippen LogP contribution in [0.3, 0.4) is 0 Å². The van der Waals surface area contributed by atoms with Gasteiger partial charge < -0.3 is 5.11 Å². The molecule has 0 bridgehead atoms. The lowest BCUT2D eigenvalue weighted by molar-refractivity contribution is 0.477. The van der Waals surface area contributed by atoms with Gasteiger partial charge in [-0.15, -0.1) is 11.3 Å². The highest BCUT2D eigenvalue weighted by molar-refractivity contribution is 9.11. The third kappa shape index (κ3) is 1.67. The fourth-order valence-corrected chi connectivity index (χ4v) is 2.90. The summed E-state index contributed by atoms with van der Waals surface area (Å²) in [6.07, 6.45) is 0. The van der Waals surface area contributed by atoms with Gasteiger partial charge >= 0.3 is 0 Å². The fourth-order valence-electron chi connectivity index (χ4n) is 1.24. The molecule has 4 heteroatoms. The minimum atomic E-state index is 0.263. The molecule has 0 aliphatic rings. The van der Waals surface area contributed by atoms with Crippen molar-refractivity contribution in [3.05, 3.63) is 33.1 Å². The van der Waals surface area contributed by atoms with E-state index >= 15 is 0 Å². The van der Waals surface area contributed by atoms with Crippen LogP contribution < -0.4 is 0 Å². The van der Waals surface area contributed by atoms with E-state index in [0.29, 0.717) is 0 Å². The number of aromatic hydroxyl groups is 1. The normalized spacial score (nSPS) is 10.4. The summed E-state index contributed by atoms with van der Waals surface area (Å²) in [5, 5.41) is 10.6. The molecule has 2 rings (SSSR count). The van der Waals surface area contributed by atoms with Gasteiger partial charge in [0.25, 0.3) is 0 Å². The van der Waals surface area contributed by atoms with Crippen molar-refractivity contribution in [3.8, 4) is 17.0 Å². The molecule has 1 aromatic carbocycles. The molecule has 0 aliphatic carbocycles. The average Bonchev–Trinajstić information content (AvgIpc) is 2.46. The summed E-state index contributed by atoms with van der Waals surface area (Å²) in [7, 11) is 0. The van der Waals surface area contributed by atoms with E-state index in [4.69, 9.17) is 0 Å². The molecule has 1 heterocycles. The lowest BCUT2D eigenvalue weighted by Gasteiger charge is -2.00. The van der Waals surface area contributed by atoms with Crippen molar-refractivity contribution in [2.75, 3.05) is 0 Å². The number of para-hydroxylation sites is 1. The van der Waals surface area contributed by atoms with Crippen LogP contribution >= 0.6 is 27.3 Å². The van der Waals surface area contributed by atoms with Crippen LogP contribution in [0.4, 0.5) is 0 Å². The number of aryl methyl sites for hydroxylation is 1.